The molecule has 0 saturated carbocycles. The zero-order chi connectivity index (χ0) is 13.7. The van der Waals surface area contributed by atoms with Crippen LogP contribution in [0, 0.1) is 0 Å². The molecule has 2 rings (SSSR count). The molecule has 0 aliphatic rings. The van der Waals surface area contributed by atoms with Gasteiger partial charge in [0.2, 0.25) is 11.8 Å². The maximum absolute atomic E-state index is 5.63. The van der Waals surface area contributed by atoms with Gasteiger partial charge in [0.25, 0.3) is 0 Å². The molecule has 1 heterocycles. The maximum atomic E-state index is 5.63. The molecule has 0 unspecified atom stereocenters. The number of ether oxygens (including phenoxy) is 2. The Bertz CT molecular complexity index is 540. The lowest BCUT2D eigenvalue weighted by atomic mass is 10.3. The average molecular weight is 260 g/mol. The first-order chi connectivity index (χ1) is 9.19. The highest BCUT2D eigenvalue weighted by molar-refractivity contribution is 5.44. The van der Waals surface area contributed by atoms with Crippen LogP contribution in [0.4, 0.5) is 11.8 Å². The summed E-state index contributed by atoms with van der Waals surface area (Å²) in [6.45, 7) is 2.66. The van der Waals surface area contributed by atoms with E-state index < -0.39 is 0 Å². The Morgan fingerprint density at radius 1 is 1.11 bits per heavy atom. The van der Waals surface area contributed by atoms with Gasteiger partial charge in [-0.15, -0.1) is 0 Å². The van der Waals surface area contributed by atoms with Crippen molar-refractivity contribution in [3.8, 4) is 17.4 Å². The van der Waals surface area contributed by atoms with Gasteiger partial charge in [0.05, 0.1) is 6.61 Å². The summed E-state index contributed by atoms with van der Waals surface area (Å²) in [4.78, 5) is 7.74. The standard InChI is InChI=1S/C13H16N4O2/c1-2-7-18-9-5-3-4-6-10(9)19-12-8-11(14)16-13(15)17-12/h3-6,8H,2,7H2,1H3,(H4,14,15,16,17). The minimum atomic E-state index is 0.0713. The summed E-state index contributed by atoms with van der Waals surface area (Å²) < 4.78 is 11.2. The van der Waals surface area contributed by atoms with E-state index >= 15 is 0 Å². The summed E-state index contributed by atoms with van der Waals surface area (Å²) >= 11 is 0. The number of nitrogen functional groups attached to an aromatic ring is 2. The lowest BCUT2D eigenvalue weighted by Crippen LogP contribution is -2.02. The Labute approximate surface area is 111 Å². The Morgan fingerprint density at radius 3 is 2.53 bits per heavy atom. The van der Waals surface area contributed by atoms with Crippen molar-refractivity contribution in [2.75, 3.05) is 18.1 Å². The molecule has 0 radical (unpaired) electrons. The van der Waals surface area contributed by atoms with Crippen molar-refractivity contribution in [2.24, 2.45) is 0 Å². The molecule has 0 fully saturated rings. The van der Waals surface area contributed by atoms with Crippen LogP contribution in [0.1, 0.15) is 13.3 Å². The maximum Gasteiger partial charge on any atom is 0.226 e. The number of hydrogen-bond acceptors (Lipinski definition) is 6. The van der Waals surface area contributed by atoms with Gasteiger partial charge < -0.3 is 20.9 Å². The smallest absolute Gasteiger partial charge is 0.226 e. The highest BCUT2D eigenvalue weighted by Crippen LogP contribution is 2.31. The van der Waals surface area contributed by atoms with Crippen molar-refractivity contribution < 1.29 is 9.47 Å². The van der Waals surface area contributed by atoms with Crippen molar-refractivity contribution in [3.63, 3.8) is 0 Å². The van der Waals surface area contributed by atoms with Gasteiger partial charge in [0.15, 0.2) is 11.5 Å². The molecule has 0 saturated heterocycles. The SMILES string of the molecule is CCCOc1ccccc1Oc1cc(N)nc(N)n1. The molecule has 0 spiro atoms. The number of hydrogen-bond donors (Lipinski definition) is 2. The van der Waals surface area contributed by atoms with Crippen LogP contribution in [-0.4, -0.2) is 16.6 Å². The highest BCUT2D eigenvalue weighted by Gasteiger charge is 2.07. The summed E-state index contributed by atoms with van der Waals surface area (Å²) in [6.07, 6.45) is 0.918. The first-order valence-corrected chi connectivity index (χ1v) is 5.98. The summed E-state index contributed by atoms with van der Waals surface area (Å²) in [5.74, 6) is 1.84. The quantitative estimate of drug-likeness (QED) is 0.855. The number of nitrogens with zero attached hydrogens (tertiary/aromatic N) is 2. The van der Waals surface area contributed by atoms with Crippen molar-refractivity contribution in [2.45, 2.75) is 13.3 Å². The predicted molar refractivity (Wildman–Crippen MR) is 73.2 cm³/mol. The molecular formula is C13H16N4O2. The molecule has 19 heavy (non-hydrogen) atoms. The minimum Gasteiger partial charge on any atom is -0.490 e. The lowest BCUT2D eigenvalue weighted by Gasteiger charge is -2.11. The fraction of sp³-hybridized carbons (Fsp3) is 0.231. The number of anilines is 2. The van der Waals surface area contributed by atoms with E-state index in [0.717, 1.165) is 6.42 Å². The average Bonchev–Trinajstić information content (AvgIpc) is 2.36. The van der Waals surface area contributed by atoms with E-state index in [2.05, 4.69) is 9.97 Å². The Morgan fingerprint density at radius 2 is 1.84 bits per heavy atom. The van der Waals surface area contributed by atoms with Crippen LogP contribution < -0.4 is 20.9 Å². The van der Waals surface area contributed by atoms with Gasteiger partial charge in [-0.25, -0.2) is 0 Å². The third-order valence-corrected chi connectivity index (χ3v) is 2.27. The predicted octanol–water partition coefficient (Wildman–Crippen LogP) is 2.22. The third kappa shape index (κ3) is 3.48. The van der Waals surface area contributed by atoms with Crippen molar-refractivity contribution in [3.05, 3.63) is 30.3 Å². The number of benzene rings is 1. The number of para-hydroxylation sites is 2. The largest absolute Gasteiger partial charge is 0.490 e. The van der Waals surface area contributed by atoms with E-state index in [1.54, 1.807) is 6.07 Å². The van der Waals surface area contributed by atoms with Gasteiger partial charge in [-0.3, -0.25) is 0 Å². The molecule has 2 aromatic rings. The number of rotatable bonds is 5. The summed E-state index contributed by atoms with van der Waals surface area (Å²) in [7, 11) is 0. The second kappa shape index (κ2) is 5.90. The molecule has 6 nitrogen and oxygen atoms in total. The molecule has 4 N–H and O–H groups in total. The van der Waals surface area contributed by atoms with Crippen molar-refractivity contribution in [1.29, 1.82) is 0 Å². The molecule has 100 valence electrons. The summed E-state index contributed by atoms with van der Waals surface area (Å²) in [5, 5.41) is 0. The molecule has 0 aliphatic carbocycles. The van der Waals surface area contributed by atoms with Crippen LogP contribution in [0.15, 0.2) is 30.3 Å². The second-order valence-corrected chi connectivity index (χ2v) is 3.89. The Balaban J connectivity index is 2.22. The molecule has 0 atom stereocenters. The molecular weight excluding hydrogens is 244 g/mol. The second-order valence-electron chi connectivity index (χ2n) is 3.89. The van der Waals surface area contributed by atoms with Crippen LogP contribution in [-0.2, 0) is 0 Å². The van der Waals surface area contributed by atoms with Crippen LogP contribution in [0.25, 0.3) is 0 Å². The number of aromatic nitrogens is 2. The molecule has 0 aliphatic heterocycles. The van der Waals surface area contributed by atoms with Crippen LogP contribution in [0.5, 0.6) is 17.4 Å². The fourth-order valence-electron chi connectivity index (χ4n) is 1.49. The van der Waals surface area contributed by atoms with E-state index in [9.17, 15) is 0 Å². The van der Waals surface area contributed by atoms with Gasteiger partial charge in [0.1, 0.15) is 5.82 Å². The first kappa shape index (κ1) is 12.9. The third-order valence-electron chi connectivity index (χ3n) is 2.27. The van der Waals surface area contributed by atoms with Crippen LogP contribution >= 0.6 is 0 Å². The van der Waals surface area contributed by atoms with Crippen LogP contribution in [0.3, 0.4) is 0 Å². The topological polar surface area (TPSA) is 96.3 Å². The van der Waals surface area contributed by atoms with Gasteiger partial charge in [-0.1, -0.05) is 19.1 Å². The molecule has 0 amide bonds. The Hall–Kier alpha value is -2.50. The zero-order valence-electron chi connectivity index (χ0n) is 10.7. The lowest BCUT2D eigenvalue weighted by molar-refractivity contribution is 0.301. The minimum absolute atomic E-state index is 0.0713. The van der Waals surface area contributed by atoms with E-state index in [4.69, 9.17) is 20.9 Å². The normalized spacial score (nSPS) is 10.2. The van der Waals surface area contributed by atoms with Gasteiger partial charge in [0, 0.05) is 6.07 Å². The molecule has 1 aromatic carbocycles. The van der Waals surface area contributed by atoms with Gasteiger partial charge in [-0.05, 0) is 18.6 Å². The fourth-order valence-corrected chi connectivity index (χ4v) is 1.49. The van der Waals surface area contributed by atoms with E-state index in [1.807, 2.05) is 25.1 Å². The van der Waals surface area contributed by atoms with E-state index in [-0.39, 0.29) is 17.6 Å². The molecule has 6 heteroatoms. The van der Waals surface area contributed by atoms with E-state index in [1.165, 1.54) is 6.07 Å². The van der Waals surface area contributed by atoms with Crippen LogP contribution in [0.2, 0.25) is 0 Å². The highest BCUT2D eigenvalue weighted by atomic mass is 16.5. The zero-order valence-corrected chi connectivity index (χ0v) is 10.7. The van der Waals surface area contributed by atoms with Crippen molar-refractivity contribution in [1.82, 2.24) is 9.97 Å². The Kier molecular flexibility index (Phi) is 4.02. The summed E-state index contributed by atoms with van der Waals surface area (Å²) in [5.41, 5.74) is 11.1. The van der Waals surface area contributed by atoms with Gasteiger partial charge >= 0.3 is 0 Å². The number of nitrogens with two attached hydrogens (primary N) is 2. The van der Waals surface area contributed by atoms with Crippen molar-refractivity contribution >= 4 is 11.8 Å². The first-order valence-electron chi connectivity index (χ1n) is 5.98. The molecule has 0 bridgehead atoms. The van der Waals surface area contributed by atoms with Gasteiger partial charge in [-0.2, -0.15) is 9.97 Å². The monoisotopic (exact) mass is 260 g/mol. The summed E-state index contributed by atoms with van der Waals surface area (Å²) in [6, 6.07) is 8.86. The molecule has 1 aromatic heterocycles. The van der Waals surface area contributed by atoms with E-state index in [0.29, 0.717) is 18.1 Å².